The molecule has 0 aliphatic carbocycles. The molecule has 0 atom stereocenters. The number of nitrogens with zero attached hydrogens (tertiary/aromatic N) is 1. The lowest BCUT2D eigenvalue weighted by molar-refractivity contribution is 0.0972. The number of rotatable bonds is 14. The second-order valence-electron chi connectivity index (χ2n) is 6.94. The van der Waals surface area contributed by atoms with Gasteiger partial charge in [0.15, 0.2) is 17.3 Å². The smallest absolute Gasteiger partial charge is 0.165 e. The topological polar surface area (TPSA) is 29.5 Å². The lowest BCUT2D eigenvalue weighted by Crippen LogP contribution is -2.16. The van der Waals surface area contributed by atoms with E-state index >= 15 is 0 Å². The van der Waals surface area contributed by atoms with Gasteiger partial charge in [-0.1, -0.05) is 51.9 Å². The average Bonchev–Trinajstić information content (AvgIpc) is 2.59. The van der Waals surface area contributed by atoms with Crippen molar-refractivity contribution in [2.75, 3.05) is 27.2 Å². The van der Waals surface area contributed by atoms with Crippen LogP contribution in [0.25, 0.3) is 0 Å². The molecule has 1 aromatic rings. The molecule has 0 aliphatic rings. The summed E-state index contributed by atoms with van der Waals surface area (Å²) in [6.45, 7) is 3.42. The number of unbranched alkanes of at least 4 members (excludes halogenated alkanes) is 7. The SMILES string of the molecule is CCCCCCCCCCOc1ccc(C(=O)CCN(C)C)cc1F. The van der Waals surface area contributed by atoms with Gasteiger partial charge < -0.3 is 9.64 Å². The van der Waals surface area contributed by atoms with Crippen LogP contribution in [0.5, 0.6) is 5.75 Å². The molecule has 0 unspecified atom stereocenters. The van der Waals surface area contributed by atoms with Gasteiger partial charge in [0.1, 0.15) is 0 Å². The number of ketones is 1. The predicted octanol–water partition coefficient (Wildman–Crippen LogP) is 5.48. The van der Waals surface area contributed by atoms with Crippen molar-refractivity contribution in [2.45, 2.75) is 64.7 Å². The summed E-state index contributed by atoms with van der Waals surface area (Å²) in [4.78, 5) is 13.9. The van der Waals surface area contributed by atoms with Crippen LogP contribution in [-0.4, -0.2) is 37.9 Å². The largest absolute Gasteiger partial charge is 0.491 e. The Labute approximate surface area is 152 Å². The Hall–Kier alpha value is -1.42. The Morgan fingerprint density at radius 1 is 1.04 bits per heavy atom. The van der Waals surface area contributed by atoms with Crippen LogP contribution in [0.3, 0.4) is 0 Å². The summed E-state index contributed by atoms with van der Waals surface area (Å²) < 4.78 is 19.6. The van der Waals surface area contributed by atoms with Crippen molar-refractivity contribution in [1.82, 2.24) is 4.90 Å². The van der Waals surface area contributed by atoms with E-state index in [1.807, 2.05) is 19.0 Å². The van der Waals surface area contributed by atoms with E-state index in [0.717, 1.165) is 12.8 Å². The molecule has 1 rings (SSSR count). The monoisotopic (exact) mass is 351 g/mol. The number of hydrogen-bond donors (Lipinski definition) is 0. The van der Waals surface area contributed by atoms with E-state index in [4.69, 9.17) is 4.74 Å². The van der Waals surface area contributed by atoms with Crippen molar-refractivity contribution >= 4 is 5.78 Å². The number of ether oxygens (including phenoxy) is 1. The molecular formula is C21H34FNO2. The molecular weight excluding hydrogens is 317 g/mol. The molecule has 1 aromatic carbocycles. The highest BCUT2D eigenvalue weighted by atomic mass is 19.1. The maximum absolute atomic E-state index is 14.1. The van der Waals surface area contributed by atoms with Crippen molar-refractivity contribution < 1.29 is 13.9 Å². The minimum absolute atomic E-state index is 0.0396. The fourth-order valence-electron chi connectivity index (χ4n) is 2.68. The van der Waals surface area contributed by atoms with Gasteiger partial charge in [-0.25, -0.2) is 4.39 Å². The molecule has 3 nitrogen and oxygen atoms in total. The van der Waals surface area contributed by atoms with Crippen molar-refractivity contribution in [3.63, 3.8) is 0 Å². The lowest BCUT2D eigenvalue weighted by atomic mass is 10.1. The summed E-state index contributed by atoms with van der Waals surface area (Å²) in [5.74, 6) is -0.246. The molecule has 25 heavy (non-hydrogen) atoms. The highest BCUT2D eigenvalue weighted by Crippen LogP contribution is 2.20. The first-order valence-corrected chi connectivity index (χ1v) is 9.65. The Balaban J connectivity index is 2.25. The van der Waals surface area contributed by atoms with E-state index in [1.165, 1.54) is 44.6 Å². The molecule has 0 saturated carbocycles. The third kappa shape index (κ3) is 9.59. The third-order valence-electron chi connectivity index (χ3n) is 4.30. The van der Waals surface area contributed by atoms with Gasteiger partial charge in [0, 0.05) is 18.5 Å². The molecule has 0 heterocycles. The zero-order valence-electron chi connectivity index (χ0n) is 16.2. The Kier molecular flexibility index (Phi) is 11.1. The predicted molar refractivity (Wildman–Crippen MR) is 102 cm³/mol. The fraction of sp³-hybridized carbons (Fsp3) is 0.667. The van der Waals surface area contributed by atoms with Gasteiger partial charge in [0.25, 0.3) is 0 Å². The fourth-order valence-corrected chi connectivity index (χ4v) is 2.68. The van der Waals surface area contributed by atoms with E-state index in [0.29, 0.717) is 25.1 Å². The summed E-state index contributed by atoms with van der Waals surface area (Å²) in [5, 5.41) is 0. The van der Waals surface area contributed by atoms with Crippen molar-refractivity contribution in [1.29, 1.82) is 0 Å². The molecule has 0 fully saturated rings. The molecule has 0 aliphatic heterocycles. The van der Waals surface area contributed by atoms with Gasteiger partial charge in [-0.15, -0.1) is 0 Å². The molecule has 4 heteroatoms. The number of carbonyl (C=O) groups excluding carboxylic acids is 1. The van der Waals surface area contributed by atoms with Gasteiger partial charge in [0.05, 0.1) is 6.61 Å². The van der Waals surface area contributed by atoms with Crippen LogP contribution in [0.1, 0.15) is 75.1 Å². The molecule has 0 saturated heterocycles. The zero-order valence-corrected chi connectivity index (χ0v) is 16.2. The van der Waals surface area contributed by atoms with Crippen LogP contribution >= 0.6 is 0 Å². The van der Waals surface area contributed by atoms with Crippen LogP contribution in [0.15, 0.2) is 18.2 Å². The summed E-state index contributed by atoms with van der Waals surface area (Å²) in [6.07, 6.45) is 10.2. The molecule has 0 N–H and O–H groups in total. The van der Waals surface area contributed by atoms with Crippen molar-refractivity contribution in [3.05, 3.63) is 29.6 Å². The van der Waals surface area contributed by atoms with Crippen LogP contribution < -0.4 is 4.74 Å². The van der Waals surface area contributed by atoms with Gasteiger partial charge in [-0.2, -0.15) is 0 Å². The summed E-state index contributed by atoms with van der Waals surface area (Å²) >= 11 is 0. The molecule has 142 valence electrons. The van der Waals surface area contributed by atoms with Gasteiger partial charge in [-0.3, -0.25) is 4.79 Å². The summed E-state index contributed by atoms with van der Waals surface area (Å²) in [6, 6.07) is 4.52. The Bertz CT molecular complexity index is 503. The maximum Gasteiger partial charge on any atom is 0.165 e. The van der Waals surface area contributed by atoms with E-state index in [-0.39, 0.29) is 11.5 Å². The van der Waals surface area contributed by atoms with E-state index in [1.54, 1.807) is 12.1 Å². The summed E-state index contributed by atoms with van der Waals surface area (Å²) in [7, 11) is 3.83. The first-order chi connectivity index (χ1) is 12.0. The highest BCUT2D eigenvalue weighted by molar-refractivity contribution is 5.96. The standard InChI is InChI=1S/C21H34FNO2/c1-4-5-6-7-8-9-10-11-16-25-21-13-12-18(17-19(21)22)20(24)14-15-23(2)3/h12-13,17H,4-11,14-16H2,1-3H3. The first-order valence-electron chi connectivity index (χ1n) is 9.65. The highest BCUT2D eigenvalue weighted by Gasteiger charge is 2.11. The normalized spacial score (nSPS) is 11.1. The number of halogens is 1. The van der Waals surface area contributed by atoms with Crippen LogP contribution in [0.2, 0.25) is 0 Å². The minimum atomic E-state index is -0.449. The second kappa shape index (κ2) is 12.9. The molecule has 0 bridgehead atoms. The van der Waals surface area contributed by atoms with Crippen molar-refractivity contribution in [2.24, 2.45) is 0 Å². The minimum Gasteiger partial charge on any atom is -0.491 e. The second-order valence-corrected chi connectivity index (χ2v) is 6.94. The lowest BCUT2D eigenvalue weighted by Gasteiger charge is -2.10. The third-order valence-corrected chi connectivity index (χ3v) is 4.30. The molecule has 0 aromatic heterocycles. The quantitative estimate of drug-likeness (QED) is 0.328. The number of benzene rings is 1. The van der Waals surface area contributed by atoms with Gasteiger partial charge >= 0.3 is 0 Å². The van der Waals surface area contributed by atoms with Crippen molar-refractivity contribution in [3.8, 4) is 5.75 Å². The van der Waals surface area contributed by atoms with Crippen LogP contribution in [-0.2, 0) is 0 Å². The van der Waals surface area contributed by atoms with E-state index < -0.39 is 5.82 Å². The van der Waals surface area contributed by atoms with Gasteiger partial charge in [0.2, 0.25) is 0 Å². The molecule has 0 amide bonds. The van der Waals surface area contributed by atoms with E-state index in [2.05, 4.69) is 6.92 Å². The zero-order chi connectivity index (χ0) is 18.5. The van der Waals surface area contributed by atoms with E-state index in [9.17, 15) is 9.18 Å². The molecule has 0 radical (unpaired) electrons. The Morgan fingerprint density at radius 3 is 2.28 bits per heavy atom. The number of Topliss-reactive ketones (excluding diaryl/α,β-unsaturated/α-hetero) is 1. The van der Waals surface area contributed by atoms with Crippen LogP contribution in [0, 0.1) is 5.82 Å². The maximum atomic E-state index is 14.1. The van der Waals surface area contributed by atoms with Gasteiger partial charge in [-0.05, 0) is 38.7 Å². The molecule has 0 spiro atoms. The summed E-state index contributed by atoms with van der Waals surface area (Å²) in [5.41, 5.74) is 0.416. The number of carbonyl (C=O) groups is 1. The first kappa shape index (κ1) is 21.6. The average molecular weight is 352 g/mol. The number of hydrogen-bond acceptors (Lipinski definition) is 3. The Morgan fingerprint density at radius 2 is 1.68 bits per heavy atom. The van der Waals surface area contributed by atoms with Crippen LogP contribution in [0.4, 0.5) is 4.39 Å².